The highest BCUT2D eigenvalue weighted by atomic mass is 32.2. The number of carboxylic acid groups (broad SMARTS) is 2. The smallest absolute Gasteiger partial charge is 0.325 e. The van der Waals surface area contributed by atoms with Crippen molar-refractivity contribution in [1.29, 1.82) is 0 Å². The first-order valence-electron chi connectivity index (χ1n) is 10.1. The minimum absolute atomic E-state index is 0.00519. The van der Waals surface area contributed by atoms with Crippen molar-refractivity contribution in [2.75, 3.05) is 12.0 Å². The molecular formula is C19H30N6O7S. The highest BCUT2D eigenvalue weighted by Crippen LogP contribution is 2.06. The fourth-order valence-electron chi connectivity index (χ4n) is 2.67. The number of imidazole rings is 1. The van der Waals surface area contributed by atoms with Gasteiger partial charge in [0.2, 0.25) is 17.7 Å². The molecule has 13 nitrogen and oxygen atoms in total. The van der Waals surface area contributed by atoms with E-state index in [1.165, 1.54) is 31.2 Å². The van der Waals surface area contributed by atoms with Crippen LogP contribution in [0.25, 0.3) is 0 Å². The van der Waals surface area contributed by atoms with E-state index in [-0.39, 0.29) is 25.7 Å². The number of rotatable bonds is 15. The number of H-pyrrole nitrogens is 1. The number of nitrogens with zero attached hydrogens (tertiary/aromatic N) is 1. The van der Waals surface area contributed by atoms with Crippen LogP contribution in [-0.2, 0) is 30.4 Å². The van der Waals surface area contributed by atoms with Crippen molar-refractivity contribution in [3.05, 3.63) is 18.2 Å². The van der Waals surface area contributed by atoms with Crippen LogP contribution >= 0.6 is 11.8 Å². The van der Waals surface area contributed by atoms with E-state index in [2.05, 4.69) is 25.9 Å². The Balaban J connectivity index is 2.93. The third-order valence-corrected chi connectivity index (χ3v) is 5.23. The van der Waals surface area contributed by atoms with Crippen LogP contribution in [0.1, 0.15) is 31.9 Å². The van der Waals surface area contributed by atoms with Crippen LogP contribution < -0.4 is 21.7 Å². The Bertz CT molecular complexity index is 820. The summed E-state index contributed by atoms with van der Waals surface area (Å²) in [5, 5.41) is 25.2. The summed E-state index contributed by atoms with van der Waals surface area (Å²) in [5.74, 6) is -3.90. The molecule has 184 valence electrons. The number of nitrogens with two attached hydrogens (primary N) is 1. The molecule has 0 aromatic carbocycles. The Labute approximate surface area is 194 Å². The van der Waals surface area contributed by atoms with Gasteiger partial charge in [-0.1, -0.05) is 0 Å². The summed E-state index contributed by atoms with van der Waals surface area (Å²) in [5.41, 5.74) is 6.25. The lowest BCUT2D eigenvalue weighted by Crippen LogP contribution is -2.57. The van der Waals surface area contributed by atoms with Gasteiger partial charge >= 0.3 is 11.9 Å². The largest absolute Gasteiger partial charge is 0.481 e. The second-order valence-electron chi connectivity index (χ2n) is 7.29. The van der Waals surface area contributed by atoms with Crippen molar-refractivity contribution >= 4 is 41.4 Å². The Hall–Kier alpha value is -3.13. The first kappa shape index (κ1) is 27.9. The molecule has 0 aliphatic rings. The van der Waals surface area contributed by atoms with E-state index >= 15 is 0 Å². The summed E-state index contributed by atoms with van der Waals surface area (Å²) in [4.78, 5) is 66.4. The predicted octanol–water partition coefficient (Wildman–Crippen LogP) is -1.54. The standard InChI is InChI=1S/C19H30N6O7S/c1-10(19(31)32)23-18(30)14(7-11-8-21-9-22-11)25-17(29)13(5-6-33-2)24-16(28)12(20)3-4-15(26)27/h8-10,12-14H,3-7,20H2,1-2H3,(H,21,22)(H,23,30)(H,24,28)(H,25,29)(H,26,27)(H,31,32). The van der Waals surface area contributed by atoms with Gasteiger partial charge in [0.1, 0.15) is 18.1 Å². The molecule has 4 atom stereocenters. The van der Waals surface area contributed by atoms with Gasteiger partial charge in [-0.25, -0.2) is 4.98 Å². The zero-order valence-electron chi connectivity index (χ0n) is 18.4. The summed E-state index contributed by atoms with van der Waals surface area (Å²) in [6, 6.07) is -4.48. The number of carbonyl (C=O) groups is 5. The number of nitrogens with one attached hydrogen (secondary N) is 4. The average molecular weight is 487 g/mol. The van der Waals surface area contributed by atoms with Crippen molar-refractivity contribution in [2.45, 2.75) is 56.8 Å². The molecule has 1 aromatic heterocycles. The van der Waals surface area contributed by atoms with Gasteiger partial charge in [0.25, 0.3) is 0 Å². The van der Waals surface area contributed by atoms with E-state index in [1.807, 2.05) is 6.26 Å². The normalized spacial score (nSPS) is 14.4. The van der Waals surface area contributed by atoms with E-state index in [0.29, 0.717) is 11.4 Å². The highest BCUT2D eigenvalue weighted by Gasteiger charge is 2.29. The first-order chi connectivity index (χ1) is 15.5. The van der Waals surface area contributed by atoms with Crippen LogP contribution in [0, 0.1) is 0 Å². The molecule has 0 saturated heterocycles. The molecule has 0 aliphatic carbocycles. The Morgan fingerprint density at radius 1 is 1.06 bits per heavy atom. The predicted molar refractivity (Wildman–Crippen MR) is 119 cm³/mol. The lowest BCUT2D eigenvalue weighted by atomic mass is 10.1. The molecular weight excluding hydrogens is 456 g/mol. The SMILES string of the molecule is CSCCC(NC(=O)C(N)CCC(=O)O)C(=O)NC(Cc1cnc[nH]1)C(=O)NC(C)C(=O)O. The maximum atomic E-state index is 12.9. The number of amides is 3. The molecule has 0 saturated carbocycles. The molecule has 0 bridgehead atoms. The summed E-state index contributed by atoms with van der Waals surface area (Å²) >= 11 is 1.44. The third kappa shape index (κ3) is 10.4. The topological polar surface area (TPSA) is 217 Å². The van der Waals surface area contributed by atoms with E-state index < -0.39 is 53.8 Å². The molecule has 1 aromatic rings. The van der Waals surface area contributed by atoms with Gasteiger partial charge in [-0.05, 0) is 31.8 Å². The average Bonchev–Trinajstić information content (AvgIpc) is 3.26. The van der Waals surface area contributed by atoms with Crippen molar-refractivity contribution in [3.8, 4) is 0 Å². The van der Waals surface area contributed by atoms with E-state index in [9.17, 15) is 24.0 Å². The molecule has 1 heterocycles. The maximum Gasteiger partial charge on any atom is 0.325 e. The zero-order chi connectivity index (χ0) is 25.0. The summed E-state index contributed by atoms with van der Waals surface area (Å²) in [6.45, 7) is 1.29. The van der Waals surface area contributed by atoms with Crippen molar-refractivity contribution < 1.29 is 34.2 Å². The molecule has 0 radical (unpaired) electrons. The molecule has 14 heteroatoms. The number of carbonyl (C=O) groups excluding carboxylic acids is 3. The van der Waals surface area contributed by atoms with Crippen LogP contribution in [0.5, 0.6) is 0 Å². The molecule has 4 unspecified atom stereocenters. The molecule has 0 aliphatic heterocycles. The Kier molecular flexibility index (Phi) is 11.9. The zero-order valence-corrected chi connectivity index (χ0v) is 19.2. The number of carboxylic acids is 2. The van der Waals surface area contributed by atoms with Gasteiger partial charge in [-0.15, -0.1) is 0 Å². The van der Waals surface area contributed by atoms with E-state index in [0.717, 1.165) is 0 Å². The molecule has 33 heavy (non-hydrogen) atoms. The molecule has 0 fully saturated rings. The first-order valence-corrected chi connectivity index (χ1v) is 11.5. The fourth-order valence-corrected chi connectivity index (χ4v) is 3.14. The van der Waals surface area contributed by atoms with Crippen molar-refractivity contribution in [3.63, 3.8) is 0 Å². The highest BCUT2D eigenvalue weighted by molar-refractivity contribution is 7.98. The summed E-state index contributed by atoms with van der Waals surface area (Å²) < 4.78 is 0. The van der Waals surface area contributed by atoms with E-state index in [1.54, 1.807) is 0 Å². The van der Waals surface area contributed by atoms with Gasteiger partial charge in [0.05, 0.1) is 12.4 Å². The Morgan fingerprint density at radius 2 is 1.70 bits per heavy atom. The lowest BCUT2D eigenvalue weighted by Gasteiger charge is -2.24. The van der Waals surface area contributed by atoms with Crippen molar-refractivity contribution in [2.24, 2.45) is 5.73 Å². The number of thioether (sulfide) groups is 1. The quantitative estimate of drug-likeness (QED) is 0.151. The van der Waals surface area contributed by atoms with Crippen molar-refractivity contribution in [1.82, 2.24) is 25.9 Å². The van der Waals surface area contributed by atoms with Gasteiger partial charge < -0.3 is 36.9 Å². The molecule has 8 N–H and O–H groups in total. The van der Waals surface area contributed by atoms with Gasteiger partial charge in [-0.3, -0.25) is 24.0 Å². The number of hydrogen-bond donors (Lipinski definition) is 7. The van der Waals surface area contributed by atoms with Crippen LogP contribution in [0.3, 0.4) is 0 Å². The number of aromatic amines is 1. The van der Waals surface area contributed by atoms with Crippen LogP contribution in [0.4, 0.5) is 0 Å². The second kappa shape index (κ2) is 14.1. The summed E-state index contributed by atoms with van der Waals surface area (Å²) in [7, 11) is 0. The number of aliphatic carboxylic acids is 2. The minimum Gasteiger partial charge on any atom is -0.481 e. The molecule has 3 amide bonds. The Morgan fingerprint density at radius 3 is 2.24 bits per heavy atom. The molecule has 1 rings (SSSR count). The second-order valence-corrected chi connectivity index (χ2v) is 8.28. The van der Waals surface area contributed by atoms with Crippen LogP contribution in [0.15, 0.2) is 12.5 Å². The summed E-state index contributed by atoms with van der Waals surface area (Å²) in [6.07, 6.45) is 4.50. The van der Waals surface area contributed by atoms with Gasteiger partial charge in [0.15, 0.2) is 0 Å². The van der Waals surface area contributed by atoms with Gasteiger partial charge in [-0.2, -0.15) is 11.8 Å². The van der Waals surface area contributed by atoms with Crippen LogP contribution in [-0.4, -0.2) is 86.0 Å². The number of hydrogen-bond acceptors (Lipinski definition) is 8. The lowest BCUT2D eigenvalue weighted by molar-refractivity contribution is -0.142. The maximum absolute atomic E-state index is 12.9. The third-order valence-electron chi connectivity index (χ3n) is 4.59. The van der Waals surface area contributed by atoms with E-state index in [4.69, 9.17) is 15.9 Å². The van der Waals surface area contributed by atoms with Crippen LogP contribution in [0.2, 0.25) is 0 Å². The fraction of sp³-hybridized carbons (Fsp3) is 0.579. The monoisotopic (exact) mass is 486 g/mol. The minimum atomic E-state index is -1.24. The van der Waals surface area contributed by atoms with Gasteiger partial charge in [0, 0.05) is 24.7 Å². The number of aromatic nitrogens is 2. The molecule has 0 spiro atoms.